The van der Waals surface area contributed by atoms with Gasteiger partial charge in [-0.1, -0.05) is 53.4 Å². The minimum Gasteiger partial charge on any atom is -0.497 e. The van der Waals surface area contributed by atoms with Gasteiger partial charge in [-0.3, -0.25) is 4.79 Å². The average Bonchev–Trinajstić information content (AvgIpc) is 3.29. The molecule has 4 rings (SSSR count). The zero-order valence-electron chi connectivity index (χ0n) is 16.0. The largest absolute Gasteiger partial charge is 0.497 e. The molecule has 0 radical (unpaired) electrons. The number of rotatable bonds is 7. The van der Waals surface area contributed by atoms with Crippen LogP contribution in [-0.4, -0.2) is 38.5 Å². The smallest absolute Gasteiger partial charge is 0.236 e. The van der Waals surface area contributed by atoms with E-state index in [2.05, 4.69) is 32.6 Å². The monoisotopic (exact) mass is 425 g/mol. The van der Waals surface area contributed by atoms with E-state index < -0.39 is 0 Å². The van der Waals surface area contributed by atoms with Crippen LogP contribution in [-0.2, 0) is 18.3 Å². The van der Waals surface area contributed by atoms with Gasteiger partial charge in [-0.2, -0.15) is 0 Å². The quantitative estimate of drug-likeness (QED) is 0.454. The molecule has 0 aliphatic carbocycles. The highest BCUT2D eigenvalue weighted by molar-refractivity contribution is 7.99. The average molecular weight is 426 g/mol. The summed E-state index contributed by atoms with van der Waals surface area (Å²) in [6.07, 6.45) is 0.701. The molecule has 0 spiro atoms. The first-order valence-corrected chi connectivity index (χ1v) is 10.7. The normalized spacial score (nSPS) is 11.0. The summed E-state index contributed by atoms with van der Waals surface area (Å²) >= 11 is 2.77. The Morgan fingerprint density at radius 3 is 2.83 bits per heavy atom. The fourth-order valence-electron chi connectivity index (χ4n) is 2.77. The second-order valence-corrected chi connectivity index (χ2v) is 8.28. The Morgan fingerprint density at radius 1 is 1.21 bits per heavy atom. The molecule has 0 saturated carbocycles. The van der Waals surface area contributed by atoms with Gasteiger partial charge in [0.25, 0.3) is 0 Å². The van der Waals surface area contributed by atoms with E-state index in [1.165, 1.54) is 28.7 Å². The lowest BCUT2D eigenvalue weighted by atomic mass is 10.1. The number of aromatic nitrogens is 4. The van der Waals surface area contributed by atoms with Crippen LogP contribution >= 0.6 is 23.1 Å². The first-order chi connectivity index (χ1) is 14.1. The number of thiazole rings is 1. The van der Waals surface area contributed by atoms with Crippen LogP contribution in [0.15, 0.2) is 53.7 Å². The second-order valence-electron chi connectivity index (χ2n) is 6.31. The van der Waals surface area contributed by atoms with E-state index in [9.17, 15) is 4.79 Å². The Hall–Kier alpha value is -2.91. The number of ether oxygens (including phenoxy) is 1. The molecule has 4 aromatic rings. The number of hydrogen-bond donors (Lipinski definition) is 1. The van der Waals surface area contributed by atoms with Gasteiger partial charge in [-0.15, -0.1) is 10.2 Å². The third-order valence-electron chi connectivity index (χ3n) is 4.30. The van der Waals surface area contributed by atoms with Crippen LogP contribution in [0, 0.1) is 0 Å². The molecule has 0 bridgehead atoms. The summed E-state index contributed by atoms with van der Waals surface area (Å²) < 4.78 is 8.11. The van der Waals surface area contributed by atoms with Gasteiger partial charge in [0, 0.05) is 13.5 Å². The number of nitrogens with zero attached hydrogens (tertiary/aromatic N) is 4. The summed E-state index contributed by atoms with van der Waals surface area (Å²) in [5, 5.41) is 12.6. The minimum atomic E-state index is -0.131. The predicted octanol–water partition coefficient (Wildman–Crippen LogP) is 3.76. The molecule has 0 atom stereocenters. The number of anilines is 1. The Morgan fingerprint density at radius 2 is 2.03 bits per heavy atom. The molecule has 29 heavy (non-hydrogen) atoms. The molecule has 0 saturated heterocycles. The summed E-state index contributed by atoms with van der Waals surface area (Å²) in [6, 6.07) is 15.7. The standard InChI is InChI=1S/C20H19N5O2S2/c1-25-17(10-13-6-4-3-5-7-13)23-24-20(25)28-12-18(26)22-19-21-15-9-8-14(27-2)11-16(15)29-19/h3-9,11H,10,12H2,1-2H3,(H,21,22,26). The van der Waals surface area contributed by atoms with E-state index in [4.69, 9.17) is 4.74 Å². The van der Waals surface area contributed by atoms with Gasteiger partial charge in [-0.25, -0.2) is 4.98 Å². The van der Waals surface area contributed by atoms with Crippen LogP contribution in [0.5, 0.6) is 5.75 Å². The van der Waals surface area contributed by atoms with Crippen LogP contribution in [0.3, 0.4) is 0 Å². The van der Waals surface area contributed by atoms with E-state index in [1.54, 1.807) is 7.11 Å². The molecule has 1 amide bonds. The number of carbonyl (C=O) groups excluding carboxylic acids is 1. The van der Waals surface area contributed by atoms with Gasteiger partial charge in [0.15, 0.2) is 10.3 Å². The number of methoxy groups -OCH3 is 1. The van der Waals surface area contributed by atoms with E-state index in [1.807, 2.05) is 48.0 Å². The molecule has 9 heteroatoms. The third kappa shape index (κ3) is 4.57. The maximum atomic E-state index is 12.3. The van der Waals surface area contributed by atoms with Crippen molar-refractivity contribution in [2.24, 2.45) is 7.05 Å². The molecule has 0 aliphatic rings. The molecule has 0 unspecified atom stereocenters. The van der Waals surface area contributed by atoms with Crippen molar-refractivity contribution in [3.05, 3.63) is 59.9 Å². The van der Waals surface area contributed by atoms with E-state index >= 15 is 0 Å². The lowest BCUT2D eigenvalue weighted by Gasteiger charge is -2.04. The van der Waals surface area contributed by atoms with E-state index in [0.29, 0.717) is 16.7 Å². The number of thioether (sulfide) groups is 1. The van der Waals surface area contributed by atoms with Crippen molar-refractivity contribution in [3.8, 4) is 5.75 Å². The molecule has 2 aromatic carbocycles. The van der Waals surface area contributed by atoms with Gasteiger partial charge in [0.2, 0.25) is 5.91 Å². The first-order valence-electron chi connectivity index (χ1n) is 8.92. The summed E-state index contributed by atoms with van der Waals surface area (Å²) in [7, 11) is 3.54. The van der Waals surface area contributed by atoms with Gasteiger partial charge in [0.05, 0.1) is 23.1 Å². The van der Waals surface area contributed by atoms with Crippen molar-refractivity contribution < 1.29 is 9.53 Å². The van der Waals surface area contributed by atoms with Crippen molar-refractivity contribution in [3.63, 3.8) is 0 Å². The van der Waals surface area contributed by atoms with Gasteiger partial charge in [0.1, 0.15) is 11.6 Å². The Labute approximate surface area is 176 Å². The zero-order valence-corrected chi connectivity index (χ0v) is 17.6. The van der Waals surface area contributed by atoms with Gasteiger partial charge < -0.3 is 14.6 Å². The summed E-state index contributed by atoms with van der Waals surface area (Å²) in [4.78, 5) is 16.8. The maximum absolute atomic E-state index is 12.3. The fraction of sp³-hybridized carbons (Fsp3) is 0.200. The second kappa shape index (κ2) is 8.62. The highest BCUT2D eigenvalue weighted by Gasteiger charge is 2.13. The van der Waals surface area contributed by atoms with Gasteiger partial charge in [-0.05, 0) is 23.8 Å². The zero-order chi connectivity index (χ0) is 20.2. The van der Waals surface area contributed by atoms with E-state index in [-0.39, 0.29) is 11.7 Å². The number of amides is 1. The molecule has 1 N–H and O–H groups in total. The summed E-state index contributed by atoms with van der Waals surface area (Å²) in [5.41, 5.74) is 2.00. The molecule has 0 fully saturated rings. The predicted molar refractivity (Wildman–Crippen MR) is 116 cm³/mol. The summed E-state index contributed by atoms with van der Waals surface area (Å²) in [5.74, 6) is 1.73. The van der Waals surface area contributed by atoms with Crippen molar-refractivity contribution >= 4 is 44.4 Å². The minimum absolute atomic E-state index is 0.131. The number of carbonyl (C=O) groups is 1. The first kappa shape index (κ1) is 19.4. The molecule has 7 nitrogen and oxygen atoms in total. The van der Waals surface area contributed by atoms with Crippen molar-refractivity contribution in [1.29, 1.82) is 0 Å². The lowest BCUT2D eigenvalue weighted by Crippen LogP contribution is -2.14. The highest BCUT2D eigenvalue weighted by atomic mass is 32.2. The topological polar surface area (TPSA) is 81.9 Å². The SMILES string of the molecule is COc1ccc2nc(NC(=O)CSc3nnc(Cc4ccccc4)n3C)sc2c1. The maximum Gasteiger partial charge on any atom is 0.236 e. The fourth-order valence-corrected chi connectivity index (χ4v) is 4.41. The van der Waals surface area contributed by atoms with Crippen LogP contribution in [0.25, 0.3) is 10.2 Å². The molecular formula is C20H19N5O2S2. The third-order valence-corrected chi connectivity index (χ3v) is 6.26. The van der Waals surface area contributed by atoms with Crippen LogP contribution in [0.2, 0.25) is 0 Å². The van der Waals surface area contributed by atoms with Crippen molar-refractivity contribution in [2.75, 3.05) is 18.2 Å². The highest BCUT2D eigenvalue weighted by Crippen LogP contribution is 2.29. The Bertz CT molecular complexity index is 1140. The number of hydrogen-bond acceptors (Lipinski definition) is 7. The molecule has 2 heterocycles. The Kier molecular flexibility index (Phi) is 5.77. The Balaban J connectivity index is 1.36. The number of fused-ring (bicyclic) bond motifs is 1. The van der Waals surface area contributed by atoms with Crippen molar-refractivity contribution in [2.45, 2.75) is 11.6 Å². The van der Waals surface area contributed by atoms with Crippen LogP contribution in [0.4, 0.5) is 5.13 Å². The van der Waals surface area contributed by atoms with Crippen LogP contribution in [0.1, 0.15) is 11.4 Å². The number of nitrogens with one attached hydrogen (secondary N) is 1. The summed E-state index contributed by atoms with van der Waals surface area (Å²) in [6.45, 7) is 0. The molecular weight excluding hydrogens is 406 g/mol. The lowest BCUT2D eigenvalue weighted by molar-refractivity contribution is -0.113. The molecule has 2 aromatic heterocycles. The molecule has 0 aliphatic heterocycles. The number of benzene rings is 2. The van der Waals surface area contributed by atoms with Crippen LogP contribution < -0.4 is 10.1 Å². The van der Waals surface area contributed by atoms with Crippen molar-refractivity contribution in [1.82, 2.24) is 19.7 Å². The molecule has 148 valence electrons. The van der Waals surface area contributed by atoms with E-state index in [0.717, 1.165) is 21.8 Å². The van der Waals surface area contributed by atoms with Gasteiger partial charge >= 0.3 is 0 Å².